The molecule has 0 aliphatic carbocycles. The number of pyridine rings is 1. The third kappa shape index (κ3) is 3.52. The topological polar surface area (TPSA) is 71.2 Å². The van der Waals surface area contributed by atoms with Gasteiger partial charge in [0.05, 0.1) is 17.3 Å². The van der Waals surface area contributed by atoms with E-state index in [0.29, 0.717) is 36.8 Å². The summed E-state index contributed by atoms with van der Waals surface area (Å²) in [6.07, 6.45) is -1.55. The predicted octanol–water partition coefficient (Wildman–Crippen LogP) is 3.92. The van der Waals surface area contributed by atoms with Gasteiger partial charge in [-0.15, -0.1) is 0 Å². The molecule has 1 fully saturated rings. The van der Waals surface area contributed by atoms with Crippen LogP contribution in [0.2, 0.25) is 0 Å². The molecule has 1 amide bonds. The van der Waals surface area contributed by atoms with Crippen LogP contribution in [0.5, 0.6) is 5.75 Å². The lowest BCUT2D eigenvalue weighted by atomic mass is 10.00. The Morgan fingerprint density at radius 2 is 2.00 bits per heavy atom. The molecule has 0 unspecified atom stereocenters. The molecule has 0 radical (unpaired) electrons. The van der Waals surface area contributed by atoms with Crippen molar-refractivity contribution in [1.29, 1.82) is 0 Å². The third-order valence-electron chi connectivity index (χ3n) is 5.26. The van der Waals surface area contributed by atoms with Gasteiger partial charge in [-0.3, -0.25) is 9.48 Å². The lowest BCUT2D eigenvalue weighted by Crippen LogP contribution is -2.38. The maximum absolute atomic E-state index is 13.0. The van der Waals surface area contributed by atoms with Crippen LogP contribution in [0.4, 0.5) is 13.2 Å². The van der Waals surface area contributed by atoms with Gasteiger partial charge in [-0.1, -0.05) is 0 Å². The van der Waals surface area contributed by atoms with Crippen LogP contribution >= 0.6 is 0 Å². The van der Waals surface area contributed by atoms with Crippen LogP contribution in [0.25, 0.3) is 22.3 Å². The average molecular weight is 404 g/mol. The minimum absolute atomic E-state index is 0.0385. The Morgan fingerprint density at radius 3 is 2.66 bits per heavy atom. The molecule has 1 aliphatic rings. The van der Waals surface area contributed by atoms with Crippen molar-refractivity contribution in [1.82, 2.24) is 19.7 Å². The molecule has 9 heteroatoms. The van der Waals surface area contributed by atoms with Gasteiger partial charge in [0.25, 0.3) is 0 Å². The summed E-state index contributed by atoms with van der Waals surface area (Å²) in [7, 11) is 1.75. The fourth-order valence-corrected chi connectivity index (χ4v) is 3.72. The molecule has 152 valence electrons. The lowest BCUT2D eigenvalue weighted by Gasteiger charge is -2.29. The zero-order valence-corrected chi connectivity index (χ0v) is 15.9. The maximum atomic E-state index is 13.0. The monoisotopic (exact) mass is 404 g/mol. The van der Waals surface area contributed by atoms with Crippen LogP contribution in [0.15, 0.2) is 30.5 Å². The molecule has 1 aromatic carbocycles. The summed E-state index contributed by atoms with van der Waals surface area (Å²) in [5.41, 5.74) is 0.397. The second kappa shape index (κ2) is 6.75. The molecule has 0 spiro atoms. The Labute approximate surface area is 164 Å². The summed E-state index contributed by atoms with van der Waals surface area (Å²) in [4.78, 5) is 17.8. The normalized spacial score (nSPS) is 17.9. The molecule has 1 atom stereocenters. The van der Waals surface area contributed by atoms with E-state index >= 15 is 0 Å². The van der Waals surface area contributed by atoms with Gasteiger partial charge in [-0.25, -0.2) is 4.98 Å². The largest absolute Gasteiger partial charge is 0.507 e. The summed E-state index contributed by atoms with van der Waals surface area (Å²) >= 11 is 0. The Hall–Kier alpha value is -3.10. The van der Waals surface area contributed by atoms with Gasteiger partial charge < -0.3 is 10.0 Å². The van der Waals surface area contributed by atoms with E-state index in [2.05, 4.69) is 10.1 Å². The van der Waals surface area contributed by atoms with Gasteiger partial charge >= 0.3 is 6.18 Å². The van der Waals surface area contributed by atoms with E-state index < -0.39 is 17.5 Å². The number of aryl methyl sites for hydroxylation is 1. The van der Waals surface area contributed by atoms with Gasteiger partial charge in [-0.2, -0.15) is 18.3 Å². The summed E-state index contributed by atoms with van der Waals surface area (Å²) in [5, 5.41) is 15.5. The fourth-order valence-electron chi connectivity index (χ4n) is 3.72. The first-order valence-electron chi connectivity index (χ1n) is 9.14. The van der Waals surface area contributed by atoms with E-state index in [-0.39, 0.29) is 23.1 Å². The van der Waals surface area contributed by atoms with Gasteiger partial charge in [0.2, 0.25) is 5.91 Å². The number of piperidine rings is 1. The number of fused-ring (bicyclic) bond motifs is 1. The molecule has 3 heterocycles. The van der Waals surface area contributed by atoms with E-state index in [1.165, 1.54) is 6.92 Å². The van der Waals surface area contributed by atoms with Crippen LogP contribution < -0.4 is 0 Å². The summed E-state index contributed by atoms with van der Waals surface area (Å²) in [6, 6.07) is 5.17. The smallest absolute Gasteiger partial charge is 0.416 e. The highest BCUT2D eigenvalue weighted by atomic mass is 19.4. The standard InChI is InChI=1S/C20H19F3N4O2/c1-11-7-13(20(21,22)23)8-16(28)18(11)15-5-3-12-9-27(25-19(12)24-15)14-4-6-17(29)26(2)10-14/h3,5,7-9,14,28H,4,6,10H2,1-2H3/t14-/m1/s1. The second-order valence-corrected chi connectivity index (χ2v) is 7.37. The van der Waals surface area contributed by atoms with E-state index in [4.69, 9.17) is 0 Å². The summed E-state index contributed by atoms with van der Waals surface area (Å²) in [6.45, 7) is 2.06. The Balaban J connectivity index is 1.71. The summed E-state index contributed by atoms with van der Waals surface area (Å²) in [5.74, 6) is -0.373. The molecule has 4 rings (SSSR count). The highest BCUT2D eigenvalue weighted by molar-refractivity contribution is 5.81. The molecular weight excluding hydrogens is 385 g/mol. The molecule has 0 saturated carbocycles. The molecule has 3 aromatic rings. The number of likely N-dealkylation sites (tertiary alicyclic amines) is 1. The Bertz CT molecular complexity index is 1080. The van der Waals surface area contributed by atoms with Crippen LogP contribution in [0, 0.1) is 6.92 Å². The molecule has 0 bridgehead atoms. The van der Waals surface area contributed by atoms with Crippen LogP contribution in [0.3, 0.4) is 0 Å². The van der Waals surface area contributed by atoms with Gasteiger partial charge in [0.1, 0.15) is 5.75 Å². The molecule has 1 N–H and O–H groups in total. The summed E-state index contributed by atoms with van der Waals surface area (Å²) < 4.78 is 40.7. The average Bonchev–Trinajstić information content (AvgIpc) is 3.06. The van der Waals surface area contributed by atoms with Gasteiger partial charge in [0, 0.05) is 37.2 Å². The number of carbonyl (C=O) groups is 1. The number of carbonyl (C=O) groups excluding carboxylic acids is 1. The van der Waals surface area contributed by atoms with Crippen LogP contribution in [-0.2, 0) is 11.0 Å². The van der Waals surface area contributed by atoms with Crippen LogP contribution in [0.1, 0.15) is 30.0 Å². The number of hydrogen-bond donors (Lipinski definition) is 1. The van der Waals surface area contributed by atoms with Gasteiger partial charge in [-0.05, 0) is 43.2 Å². The zero-order chi connectivity index (χ0) is 20.9. The number of likely N-dealkylation sites (N-methyl/N-ethyl adjacent to an activating group) is 1. The van der Waals surface area contributed by atoms with Crippen molar-refractivity contribution in [3.05, 3.63) is 41.6 Å². The maximum Gasteiger partial charge on any atom is 0.416 e. The number of hydrogen-bond acceptors (Lipinski definition) is 4. The Kier molecular flexibility index (Phi) is 4.48. The molecule has 1 saturated heterocycles. The number of benzene rings is 1. The Morgan fingerprint density at radius 1 is 1.24 bits per heavy atom. The molecule has 29 heavy (non-hydrogen) atoms. The second-order valence-electron chi connectivity index (χ2n) is 7.37. The highest BCUT2D eigenvalue weighted by Gasteiger charge is 2.32. The number of aromatic hydroxyl groups is 1. The first-order valence-corrected chi connectivity index (χ1v) is 9.14. The van der Waals surface area contributed by atoms with E-state index in [1.807, 2.05) is 6.20 Å². The number of phenols is 1. The SMILES string of the molecule is Cc1cc(C(F)(F)F)cc(O)c1-c1ccc2cn([C@@H]3CCC(=O)N(C)C3)nc2n1. The van der Waals surface area contributed by atoms with E-state index in [1.54, 1.807) is 28.8 Å². The predicted molar refractivity (Wildman–Crippen MR) is 100 cm³/mol. The molecular formula is C20H19F3N4O2. The van der Waals surface area contributed by atoms with Crippen molar-refractivity contribution in [2.45, 2.75) is 32.0 Å². The van der Waals surface area contributed by atoms with Crippen molar-refractivity contribution in [2.75, 3.05) is 13.6 Å². The number of aromatic nitrogens is 3. The van der Waals surface area contributed by atoms with E-state index in [9.17, 15) is 23.1 Å². The fraction of sp³-hybridized carbons (Fsp3) is 0.350. The van der Waals surface area contributed by atoms with Crippen molar-refractivity contribution in [2.24, 2.45) is 0 Å². The molecule has 6 nitrogen and oxygen atoms in total. The number of halogens is 3. The number of rotatable bonds is 2. The highest BCUT2D eigenvalue weighted by Crippen LogP contribution is 2.38. The van der Waals surface area contributed by atoms with E-state index in [0.717, 1.165) is 11.5 Å². The number of nitrogens with zero attached hydrogens (tertiary/aromatic N) is 4. The number of alkyl halides is 3. The minimum atomic E-state index is -4.54. The lowest BCUT2D eigenvalue weighted by molar-refractivity contribution is -0.137. The zero-order valence-electron chi connectivity index (χ0n) is 15.9. The molecule has 1 aliphatic heterocycles. The first-order chi connectivity index (χ1) is 13.6. The third-order valence-corrected chi connectivity index (χ3v) is 5.26. The minimum Gasteiger partial charge on any atom is -0.507 e. The number of amides is 1. The van der Waals surface area contributed by atoms with Crippen LogP contribution in [-0.4, -0.2) is 44.3 Å². The van der Waals surface area contributed by atoms with Gasteiger partial charge in [0.15, 0.2) is 5.65 Å². The molecule has 2 aromatic heterocycles. The van der Waals surface area contributed by atoms with Crippen molar-refractivity contribution < 1.29 is 23.1 Å². The van der Waals surface area contributed by atoms with Crippen molar-refractivity contribution >= 4 is 16.9 Å². The quantitative estimate of drug-likeness (QED) is 0.703. The number of phenolic OH excluding ortho intramolecular Hbond substituents is 1. The van der Waals surface area contributed by atoms with Crippen molar-refractivity contribution in [3.8, 4) is 17.0 Å². The first kappa shape index (κ1) is 19.2. The van der Waals surface area contributed by atoms with Crippen molar-refractivity contribution in [3.63, 3.8) is 0 Å².